The monoisotopic (exact) mass is 510 g/mol. The Kier molecular flexibility index (Phi) is 5.51. The second-order valence-corrected chi connectivity index (χ2v) is 10.7. The number of fused-ring (bicyclic) bond motifs is 3. The topological polar surface area (TPSA) is 85.5 Å². The van der Waals surface area contributed by atoms with E-state index in [0.717, 1.165) is 55.4 Å². The molecule has 2 aromatic heterocycles. The first-order valence-corrected chi connectivity index (χ1v) is 12.6. The van der Waals surface area contributed by atoms with Gasteiger partial charge in [0.2, 0.25) is 0 Å². The number of hydrogen-bond donors (Lipinski definition) is 1. The molecule has 1 aromatic carbocycles. The van der Waals surface area contributed by atoms with Gasteiger partial charge in [-0.1, -0.05) is 52.6 Å². The number of carbonyl (C=O) groups is 1. The molecule has 6 nitrogen and oxygen atoms in total. The van der Waals surface area contributed by atoms with E-state index in [2.05, 4.69) is 22.3 Å². The van der Waals surface area contributed by atoms with Gasteiger partial charge in [-0.25, -0.2) is 4.79 Å². The third-order valence-corrected chi connectivity index (χ3v) is 8.32. The third-order valence-electron chi connectivity index (χ3n) is 7.75. The lowest BCUT2D eigenvalue weighted by molar-refractivity contribution is -0.173. The van der Waals surface area contributed by atoms with Crippen LogP contribution in [0.1, 0.15) is 71.7 Å². The fourth-order valence-corrected chi connectivity index (χ4v) is 5.96. The number of benzene rings is 1. The van der Waals surface area contributed by atoms with Crippen LogP contribution >= 0.6 is 23.2 Å². The first-order chi connectivity index (χ1) is 16.9. The molecule has 0 atom stereocenters. The van der Waals surface area contributed by atoms with E-state index in [1.54, 1.807) is 24.5 Å². The van der Waals surface area contributed by atoms with E-state index >= 15 is 0 Å². The average Bonchev–Trinajstić information content (AvgIpc) is 3.64. The molecule has 7 rings (SSSR count). The molecular weight excluding hydrogens is 487 g/mol. The molecule has 4 fully saturated rings. The van der Waals surface area contributed by atoms with Gasteiger partial charge < -0.3 is 14.4 Å². The second kappa shape index (κ2) is 8.47. The minimum atomic E-state index is -0.917. The van der Waals surface area contributed by atoms with E-state index in [1.807, 2.05) is 12.1 Å². The number of nitrogens with zero attached hydrogens (tertiary/aromatic N) is 2. The van der Waals surface area contributed by atoms with Crippen LogP contribution in [0.4, 0.5) is 0 Å². The van der Waals surface area contributed by atoms with Crippen LogP contribution in [0.3, 0.4) is 0 Å². The summed E-state index contributed by atoms with van der Waals surface area (Å²) >= 11 is 12.9. The van der Waals surface area contributed by atoms with E-state index in [9.17, 15) is 9.90 Å². The molecule has 4 heterocycles. The zero-order valence-corrected chi connectivity index (χ0v) is 20.5. The maximum Gasteiger partial charge on any atom is 0.335 e. The van der Waals surface area contributed by atoms with Gasteiger partial charge in [0.25, 0.3) is 0 Å². The molecule has 2 aliphatic carbocycles. The van der Waals surface area contributed by atoms with Crippen LogP contribution in [0.15, 0.2) is 47.3 Å². The molecule has 2 saturated carbocycles. The van der Waals surface area contributed by atoms with Crippen molar-refractivity contribution in [3.63, 3.8) is 0 Å². The highest BCUT2D eigenvalue weighted by atomic mass is 35.5. The van der Waals surface area contributed by atoms with Crippen molar-refractivity contribution in [1.82, 2.24) is 10.1 Å². The molecular formula is C27H24Cl2N2O4. The van der Waals surface area contributed by atoms with Gasteiger partial charge in [-0.15, -0.1) is 0 Å². The summed E-state index contributed by atoms with van der Waals surface area (Å²) < 4.78 is 12.3. The largest absolute Gasteiger partial charge is 0.478 e. The molecule has 1 N–H and O–H groups in total. The minimum absolute atomic E-state index is 0.0655. The smallest absolute Gasteiger partial charge is 0.335 e. The lowest BCUT2D eigenvalue weighted by Crippen LogP contribution is -2.48. The van der Waals surface area contributed by atoms with Crippen molar-refractivity contribution in [2.45, 2.75) is 50.0 Å². The van der Waals surface area contributed by atoms with Crippen LogP contribution in [0.2, 0.25) is 10.0 Å². The van der Waals surface area contributed by atoms with Crippen LogP contribution < -0.4 is 0 Å². The Bertz CT molecular complexity index is 1280. The molecule has 0 amide bonds. The maximum absolute atomic E-state index is 11.2. The first-order valence-electron chi connectivity index (χ1n) is 11.9. The minimum Gasteiger partial charge on any atom is -0.478 e. The fraction of sp³-hybridized carbons (Fsp3) is 0.370. The van der Waals surface area contributed by atoms with Crippen molar-refractivity contribution in [3.05, 3.63) is 75.2 Å². The van der Waals surface area contributed by atoms with Crippen molar-refractivity contribution < 1.29 is 19.2 Å². The number of aromatic nitrogens is 2. The number of ether oxygens (including phenoxy) is 1. The Morgan fingerprint density at radius 3 is 2.31 bits per heavy atom. The van der Waals surface area contributed by atoms with Gasteiger partial charge in [-0.3, -0.25) is 4.98 Å². The Balaban J connectivity index is 1.28. The van der Waals surface area contributed by atoms with Crippen LogP contribution in [0.5, 0.6) is 0 Å². The zero-order valence-electron chi connectivity index (χ0n) is 19.0. The van der Waals surface area contributed by atoms with Crippen molar-refractivity contribution in [2.24, 2.45) is 5.41 Å². The summed E-state index contributed by atoms with van der Waals surface area (Å²) in [7, 11) is 0. The number of carboxylic acids is 1. The summed E-state index contributed by atoms with van der Waals surface area (Å²) in [4.78, 5) is 15.3. The second-order valence-electron chi connectivity index (χ2n) is 9.92. The zero-order chi connectivity index (χ0) is 24.2. The molecule has 2 saturated heterocycles. The van der Waals surface area contributed by atoms with Gasteiger partial charge in [-0.05, 0) is 56.2 Å². The van der Waals surface area contributed by atoms with Gasteiger partial charge in [0.15, 0.2) is 0 Å². The molecule has 0 radical (unpaired) electrons. The molecule has 0 unspecified atom stereocenters. The van der Waals surface area contributed by atoms with Gasteiger partial charge in [0.1, 0.15) is 11.5 Å². The van der Waals surface area contributed by atoms with Crippen LogP contribution in [0.25, 0.3) is 17.3 Å². The predicted molar refractivity (Wildman–Crippen MR) is 133 cm³/mol. The highest BCUT2D eigenvalue weighted by Crippen LogP contribution is 2.55. The van der Waals surface area contributed by atoms with E-state index in [1.165, 1.54) is 0 Å². The van der Waals surface area contributed by atoms with E-state index in [4.69, 9.17) is 32.5 Å². The molecule has 180 valence electrons. The van der Waals surface area contributed by atoms with Crippen LogP contribution in [-0.2, 0) is 10.3 Å². The lowest BCUT2D eigenvalue weighted by atomic mass is 9.64. The fourth-order valence-electron chi connectivity index (χ4n) is 5.41. The summed E-state index contributed by atoms with van der Waals surface area (Å²) in [5, 5.41) is 14.5. The van der Waals surface area contributed by atoms with Crippen LogP contribution in [0, 0.1) is 5.41 Å². The van der Waals surface area contributed by atoms with Gasteiger partial charge in [0, 0.05) is 34.9 Å². The molecule has 35 heavy (non-hydrogen) atoms. The molecule has 4 aliphatic rings. The molecule has 3 aromatic rings. The first kappa shape index (κ1) is 22.8. The van der Waals surface area contributed by atoms with Crippen molar-refractivity contribution >= 4 is 35.2 Å². The number of carboxylic acid groups (broad SMARTS) is 1. The summed E-state index contributed by atoms with van der Waals surface area (Å²) in [5.41, 5.74) is 3.17. The quantitative estimate of drug-likeness (QED) is 0.379. The highest BCUT2D eigenvalue weighted by molar-refractivity contribution is 6.39. The number of rotatable bonds is 6. The molecule has 2 bridgehead atoms. The summed E-state index contributed by atoms with van der Waals surface area (Å²) in [6, 6.07) is 7.11. The maximum atomic E-state index is 11.2. The summed E-state index contributed by atoms with van der Waals surface area (Å²) in [5.74, 6) is 0.347. The summed E-state index contributed by atoms with van der Waals surface area (Å²) in [6.07, 6.45) is 13.4. The lowest BCUT2D eigenvalue weighted by Gasteiger charge is -2.52. The molecule has 2 aliphatic heterocycles. The number of hydrogen-bond acceptors (Lipinski definition) is 5. The normalized spacial score (nSPS) is 25.9. The van der Waals surface area contributed by atoms with E-state index < -0.39 is 5.97 Å². The Labute approximate surface area is 212 Å². The predicted octanol–water partition coefficient (Wildman–Crippen LogP) is 7.12. The van der Waals surface area contributed by atoms with Gasteiger partial charge >= 0.3 is 5.97 Å². The number of pyridine rings is 1. The van der Waals surface area contributed by atoms with Crippen molar-refractivity contribution in [1.29, 1.82) is 0 Å². The number of halogens is 2. The van der Waals surface area contributed by atoms with E-state index in [0.29, 0.717) is 39.4 Å². The Morgan fingerprint density at radius 2 is 1.74 bits per heavy atom. The van der Waals surface area contributed by atoms with Gasteiger partial charge in [-0.2, -0.15) is 0 Å². The van der Waals surface area contributed by atoms with Crippen molar-refractivity contribution in [2.75, 3.05) is 6.61 Å². The highest BCUT2D eigenvalue weighted by Gasteiger charge is 2.49. The summed E-state index contributed by atoms with van der Waals surface area (Å²) in [6.45, 7) is 0.611. The Hall–Kier alpha value is -2.67. The SMILES string of the molecule is O=C(O)c1ccc(C23CCC(/C=C/c4c(-c5c(Cl)cncc5Cl)noc4C4CC4)(CC2)CO3)cc1. The Morgan fingerprint density at radius 1 is 1.06 bits per heavy atom. The number of aromatic carboxylic acids is 1. The van der Waals surface area contributed by atoms with Crippen molar-refractivity contribution in [3.8, 4) is 11.3 Å². The standard InChI is InChI=1S/C27H24Cl2N2O4/c28-20-13-30-14-21(29)22(20)23-19(24(35-31-23)16-1-2-16)7-8-26-9-11-27(12-10-26,34-15-26)18-5-3-17(4-6-18)25(32)33/h3-8,13-14,16H,1-2,9-12,15H2,(H,32,33)/b8-7+. The molecule has 8 heteroatoms. The third kappa shape index (κ3) is 3.98. The molecule has 0 spiro atoms. The van der Waals surface area contributed by atoms with E-state index in [-0.39, 0.29) is 11.0 Å². The van der Waals surface area contributed by atoms with Crippen LogP contribution in [-0.4, -0.2) is 27.8 Å². The van der Waals surface area contributed by atoms with Gasteiger partial charge in [0.05, 0.1) is 27.8 Å². The average molecular weight is 511 g/mol.